The lowest BCUT2D eigenvalue weighted by Gasteiger charge is -2.46. The number of benzene rings is 2. The van der Waals surface area contributed by atoms with Gasteiger partial charge in [0.2, 0.25) is 5.88 Å². The standard InChI is InChI=1S/C38H46ClN5O7S/c1-37(2)36(46)42-52(47,41-34(45)29-21-43(3)40-35(29)49-5)27-12-15-33-31(19-27)44(20-25-10-13-28(25)32(48-4)9-7-17-51-37)22-38(23-50-33)16-6-8-24-18-26(39)11-14-30(24)38/h7,9,11-12,14-15,18-19,21,25,28,32H,6,8,10,13,16-17,20,22-23H2,1-5H3,(H,41,42,45,46,47)/b9-7+/t25-,28+,32-,38-,52?/m0/s1. The SMILES string of the molecule is COc1nn(C)cc1C(=O)NS1(=O)=NC(=O)C(C)(C)OC/C=C/[C@H](OC)[C@@H]2CC[C@H]2CN2C[C@@]3(CCCc4cc(Cl)ccc43)COc3ccc1cc32. The number of hydrogen-bond donors (Lipinski definition) is 1. The van der Waals surface area contributed by atoms with Crippen LogP contribution >= 0.6 is 11.6 Å². The van der Waals surface area contributed by atoms with Crippen LogP contribution in [0.3, 0.4) is 0 Å². The number of hydrogen-bond acceptors (Lipinski definition) is 9. The number of carbonyl (C=O) groups is 2. The number of nitrogens with one attached hydrogen (secondary N) is 1. The monoisotopic (exact) mass is 751 g/mol. The Kier molecular flexibility index (Phi) is 9.92. The van der Waals surface area contributed by atoms with Gasteiger partial charge in [-0.25, -0.2) is 4.21 Å². The van der Waals surface area contributed by atoms with E-state index in [1.54, 1.807) is 46.2 Å². The van der Waals surface area contributed by atoms with Crippen LogP contribution < -0.4 is 19.1 Å². The van der Waals surface area contributed by atoms with Gasteiger partial charge in [0.15, 0.2) is 9.92 Å². The second kappa shape index (κ2) is 14.1. The molecule has 14 heteroatoms. The molecule has 2 bridgehead atoms. The largest absolute Gasteiger partial charge is 0.490 e. The highest BCUT2D eigenvalue weighted by Crippen LogP contribution is 2.47. The lowest BCUT2D eigenvalue weighted by atomic mass is 9.68. The number of halogens is 1. The number of aryl methyl sites for hydroxylation is 2. The van der Waals surface area contributed by atoms with E-state index in [9.17, 15) is 9.59 Å². The van der Waals surface area contributed by atoms with Gasteiger partial charge in [0.1, 0.15) is 16.9 Å². The molecule has 7 rings (SSSR count). The second-order valence-corrected chi connectivity index (χ2v) is 17.1. The topological polar surface area (TPSA) is 134 Å². The van der Waals surface area contributed by atoms with Gasteiger partial charge in [0.05, 0.1) is 37.0 Å². The van der Waals surface area contributed by atoms with Crippen LogP contribution in [0.25, 0.3) is 0 Å². The summed E-state index contributed by atoms with van der Waals surface area (Å²) >= 11 is 6.47. The molecule has 0 saturated heterocycles. The summed E-state index contributed by atoms with van der Waals surface area (Å²) in [4.78, 5) is 30.1. The molecule has 1 fully saturated rings. The minimum atomic E-state index is -3.95. The molecule has 2 amide bonds. The van der Waals surface area contributed by atoms with E-state index in [2.05, 4.69) is 31.2 Å². The van der Waals surface area contributed by atoms with E-state index in [-0.39, 0.29) is 40.4 Å². The van der Waals surface area contributed by atoms with Crippen molar-refractivity contribution in [2.24, 2.45) is 23.2 Å². The smallest absolute Gasteiger partial charge is 0.287 e. The van der Waals surface area contributed by atoms with Gasteiger partial charge in [-0.3, -0.25) is 19.0 Å². The number of rotatable bonds is 4. The van der Waals surface area contributed by atoms with Crippen LogP contribution in [0.4, 0.5) is 5.69 Å². The normalized spacial score (nSPS) is 29.0. The fourth-order valence-corrected chi connectivity index (χ4v) is 9.83. The average molecular weight is 752 g/mol. The van der Waals surface area contributed by atoms with Gasteiger partial charge in [-0.2, -0.15) is 0 Å². The van der Waals surface area contributed by atoms with E-state index < -0.39 is 27.3 Å². The van der Waals surface area contributed by atoms with Crippen LogP contribution in [0.5, 0.6) is 11.6 Å². The van der Waals surface area contributed by atoms with Gasteiger partial charge in [-0.05, 0) is 99.2 Å². The van der Waals surface area contributed by atoms with Crippen molar-refractivity contribution in [3.8, 4) is 11.6 Å². The minimum Gasteiger partial charge on any atom is -0.490 e. The summed E-state index contributed by atoms with van der Waals surface area (Å²) in [6, 6.07) is 11.3. The first-order chi connectivity index (χ1) is 24.8. The second-order valence-electron chi connectivity index (χ2n) is 14.8. The Morgan fingerprint density at radius 1 is 1.15 bits per heavy atom. The molecular weight excluding hydrogens is 706 g/mol. The highest BCUT2D eigenvalue weighted by atomic mass is 35.5. The fourth-order valence-electron chi connectivity index (χ4n) is 8.02. The number of carbonyl (C=O) groups excluding carboxylic acids is 2. The third kappa shape index (κ3) is 6.83. The number of amides is 2. The van der Waals surface area contributed by atoms with Crippen molar-refractivity contribution >= 4 is 39.0 Å². The quantitative estimate of drug-likeness (QED) is 0.336. The van der Waals surface area contributed by atoms with Gasteiger partial charge in [-0.15, -0.1) is 9.46 Å². The fraction of sp³-hybridized carbons (Fsp3) is 0.500. The molecule has 278 valence electrons. The molecule has 4 aliphatic rings. The Balaban J connectivity index is 1.38. The van der Waals surface area contributed by atoms with Crippen molar-refractivity contribution in [1.29, 1.82) is 0 Å². The van der Waals surface area contributed by atoms with Crippen LogP contribution in [-0.2, 0) is 43.1 Å². The first-order valence-electron chi connectivity index (χ1n) is 17.7. The first kappa shape index (κ1) is 36.4. The van der Waals surface area contributed by atoms with E-state index in [1.807, 2.05) is 18.2 Å². The Labute approximate surface area is 310 Å². The summed E-state index contributed by atoms with van der Waals surface area (Å²) in [6.07, 6.45) is 10.1. The molecule has 0 radical (unpaired) electrons. The van der Waals surface area contributed by atoms with Gasteiger partial charge < -0.3 is 23.8 Å². The van der Waals surface area contributed by atoms with Gasteiger partial charge in [0, 0.05) is 43.9 Å². The van der Waals surface area contributed by atoms with E-state index in [0.29, 0.717) is 36.4 Å². The average Bonchev–Trinajstić information content (AvgIpc) is 3.42. The maximum Gasteiger partial charge on any atom is 0.287 e. The number of ether oxygens (including phenoxy) is 4. The van der Waals surface area contributed by atoms with Crippen molar-refractivity contribution in [3.63, 3.8) is 0 Å². The summed E-state index contributed by atoms with van der Waals surface area (Å²) in [5.74, 6) is -0.320. The molecule has 2 aromatic carbocycles. The van der Waals surface area contributed by atoms with E-state index in [4.69, 9.17) is 30.5 Å². The van der Waals surface area contributed by atoms with Crippen LogP contribution in [0.15, 0.2) is 64.0 Å². The summed E-state index contributed by atoms with van der Waals surface area (Å²) in [5, 5.41) is 4.88. The Bertz CT molecular complexity index is 2040. The summed E-state index contributed by atoms with van der Waals surface area (Å²) in [7, 11) is 0.802. The van der Waals surface area contributed by atoms with E-state index in [0.717, 1.165) is 37.8 Å². The predicted octanol–water partition coefficient (Wildman–Crippen LogP) is 5.66. The Hall–Kier alpha value is -3.91. The van der Waals surface area contributed by atoms with Gasteiger partial charge in [0.25, 0.3) is 11.8 Å². The van der Waals surface area contributed by atoms with Crippen LogP contribution in [0, 0.1) is 11.8 Å². The molecule has 2 aliphatic carbocycles. The van der Waals surface area contributed by atoms with Crippen LogP contribution in [0.2, 0.25) is 5.02 Å². The van der Waals surface area contributed by atoms with Gasteiger partial charge >= 0.3 is 0 Å². The molecule has 52 heavy (non-hydrogen) atoms. The summed E-state index contributed by atoms with van der Waals surface area (Å²) in [5.41, 5.74) is 1.43. The summed E-state index contributed by atoms with van der Waals surface area (Å²) < 4.78 is 47.4. The highest BCUT2D eigenvalue weighted by Gasteiger charge is 2.45. The van der Waals surface area contributed by atoms with E-state index >= 15 is 4.21 Å². The molecule has 1 spiro atoms. The molecule has 3 heterocycles. The van der Waals surface area contributed by atoms with Crippen molar-refractivity contribution in [2.45, 2.75) is 68.0 Å². The van der Waals surface area contributed by atoms with Crippen LogP contribution in [0.1, 0.15) is 61.0 Å². The van der Waals surface area contributed by atoms with Gasteiger partial charge in [-0.1, -0.05) is 29.8 Å². The zero-order valence-electron chi connectivity index (χ0n) is 30.2. The lowest BCUT2D eigenvalue weighted by molar-refractivity contribution is -0.137. The number of aromatic nitrogens is 2. The number of fused-ring (bicyclic) bond motifs is 4. The van der Waals surface area contributed by atoms with E-state index in [1.165, 1.54) is 29.1 Å². The molecule has 1 unspecified atom stereocenters. The number of methoxy groups -OCH3 is 2. The number of nitrogens with zero attached hydrogens (tertiary/aromatic N) is 4. The Morgan fingerprint density at radius 3 is 2.73 bits per heavy atom. The highest BCUT2D eigenvalue weighted by molar-refractivity contribution is 7.92. The van der Waals surface area contributed by atoms with Crippen molar-refractivity contribution in [2.75, 3.05) is 45.4 Å². The third-order valence-electron chi connectivity index (χ3n) is 11.0. The lowest BCUT2D eigenvalue weighted by Crippen LogP contribution is -2.49. The van der Waals surface area contributed by atoms with Crippen LogP contribution in [-0.4, -0.2) is 78.0 Å². The molecule has 1 N–H and O–H groups in total. The molecule has 3 aromatic rings. The molecule has 12 nitrogen and oxygen atoms in total. The Morgan fingerprint density at radius 2 is 1.98 bits per heavy atom. The molecular formula is C38H46ClN5O7S. The molecule has 1 aromatic heterocycles. The zero-order valence-corrected chi connectivity index (χ0v) is 31.8. The zero-order chi connectivity index (χ0) is 36.8. The molecule has 5 atom stereocenters. The first-order valence-corrected chi connectivity index (χ1v) is 19.6. The third-order valence-corrected chi connectivity index (χ3v) is 13.0. The molecule has 2 aliphatic heterocycles. The summed E-state index contributed by atoms with van der Waals surface area (Å²) in [6.45, 7) is 5.04. The van der Waals surface area contributed by atoms with Crippen molar-refractivity contribution < 1.29 is 32.7 Å². The predicted molar refractivity (Wildman–Crippen MR) is 197 cm³/mol. The maximum atomic E-state index is 15.2. The minimum absolute atomic E-state index is 0.0447. The number of anilines is 1. The molecule has 1 saturated carbocycles. The van der Waals surface area contributed by atoms with Crippen molar-refractivity contribution in [1.82, 2.24) is 14.5 Å². The maximum absolute atomic E-state index is 15.2. The van der Waals surface area contributed by atoms with Crippen molar-refractivity contribution in [3.05, 3.63) is 76.5 Å².